The molecule has 2 aliphatic carbocycles. The molecule has 31 heavy (non-hydrogen) atoms. The number of imide groups is 1. The number of likely N-dealkylation sites (tertiary alicyclic amines) is 1. The van der Waals surface area contributed by atoms with Gasteiger partial charge in [-0.3, -0.25) is 14.5 Å². The number of guanidine groups is 1. The van der Waals surface area contributed by atoms with Crippen molar-refractivity contribution in [3.8, 4) is 0 Å². The molecule has 0 aromatic carbocycles. The van der Waals surface area contributed by atoms with E-state index in [-0.39, 0.29) is 66.0 Å². The smallest absolute Gasteiger partial charge is 0.233 e. The van der Waals surface area contributed by atoms with Gasteiger partial charge in [0, 0.05) is 19.6 Å². The van der Waals surface area contributed by atoms with Crippen molar-refractivity contribution >= 4 is 41.8 Å². The molecule has 1 saturated carbocycles. The highest BCUT2D eigenvalue weighted by atomic mass is 127. The second-order valence-corrected chi connectivity index (χ2v) is 8.55. The number of amides is 2. The molecule has 2 heterocycles. The van der Waals surface area contributed by atoms with Gasteiger partial charge in [0.2, 0.25) is 11.8 Å². The fourth-order valence-electron chi connectivity index (χ4n) is 4.87. The minimum absolute atomic E-state index is 0. The van der Waals surface area contributed by atoms with Crippen LogP contribution in [0.2, 0.25) is 0 Å². The summed E-state index contributed by atoms with van der Waals surface area (Å²) < 4.78 is 5.28. The highest BCUT2D eigenvalue weighted by molar-refractivity contribution is 14.0. The van der Waals surface area contributed by atoms with Crippen molar-refractivity contribution in [1.29, 1.82) is 0 Å². The Labute approximate surface area is 199 Å². The van der Waals surface area contributed by atoms with Gasteiger partial charge in [-0.15, -0.1) is 24.0 Å². The van der Waals surface area contributed by atoms with Gasteiger partial charge in [0.05, 0.1) is 24.6 Å². The monoisotopic (exact) mass is 542 g/mol. The third-order valence-electron chi connectivity index (χ3n) is 6.35. The lowest BCUT2D eigenvalue weighted by molar-refractivity contribution is -0.140. The number of carbonyl (C=O) groups excluding carboxylic acids is 2. The van der Waals surface area contributed by atoms with Crippen LogP contribution >= 0.6 is 24.0 Å². The first-order valence-electron chi connectivity index (χ1n) is 10.7. The summed E-state index contributed by atoms with van der Waals surface area (Å²) in [6, 6.07) is 3.45. The van der Waals surface area contributed by atoms with Crippen LogP contribution in [0, 0.1) is 23.7 Å². The van der Waals surface area contributed by atoms with Crippen LogP contribution in [0.5, 0.6) is 0 Å². The van der Waals surface area contributed by atoms with E-state index in [9.17, 15) is 14.7 Å². The summed E-state index contributed by atoms with van der Waals surface area (Å²) in [6.07, 6.45) is 7.33. The number of nitrogens with zero attached hydrogens (tertiary/aromatic N) is 2. The molecule has 3 N–H and O–H groups in total. The number of aliphatic imine (C=N–C) groups is 1. The first-order valence-corrected chi connectivity index (χ1v) is 10.7. The largest absolute Gasteiger partial charge is 0.466 e. The van der Waals surface area contributed by atoms with Crippen LogP contribution in [-0.4, -0.2) is 54.0 Å². The highest BCUT2D eigenvalue weighted by Gasteiger charge is 2.58. The van der Waals surface area contributed by atoms with E-state index in [1.165, 1.54) is 11.2 Å². The maximum Gasteiger partial charge on any atom is 0.233 e. The number of fused-ring (bicyclic) bond motifs is 5. The molecule has 1 aliphatic heterocycles. The van der Waals surface area contributed by atoms with Gasteiger partial charge in [0.15, 0.2) is 5.96 Å². The second kappa shape index (κ2) is 9.72. The predicted molar refractivity (Wildman–Crippen MR) is 127 cm³/mol. The topological polar surface area (TPSA) is 107 Å². The van der Waals surface area contributed by atoms with E-state index in [2.05, 4.69) is 27.8 Å². The molecule has 1 aromatic rings. The SMILES string of the molecule is CCNC(=NCC(C)(O)c1ccco1)NCCCN1C(=O)C2C3C=CC(C3)C2C1=O.I. The Morgan fingerprint density at radius 3 is 2.52 bits per heavy atom. The van der Waals surface area contributed by atoms with Crippen molar-refractivity contribution in [1.82, 2.24) is 15.5 Å². The molecule has 0 radical (unpaired) electrons. The lowest BCUT2D eigenvalue weighted by atomic mass is 9.85. The quantitative estimate of drug-likeness (QED) is 0.116. The zero-order valence-electron chi connectivity index (χ0n) is 17.9. The predicted octanol–water partition coefficient (Wildman–Crippen LogP) is 1.86. The molecule has 1 saturated heterocycles. The average Bonchev–Trinajstić information content (AvgIpc) is 3.50. The van der Waals surface area contributed by atoms with Crippen molar-refractivity contribution in [2.45, 2.75) is 32.3 Å². The number of hydrogen-bond donors (Lipinski definition) is 3. The third kappa shape index (κ3) is 4.67. The molecular formula is C22H31IN4O4. The molecule has 2 amide bonds. The molecule has 1 aromatic heterocycles. The summed E-state index contributed by atoms with van der Waals surface area (Å²) in [6.45, 7) is 5.41. The van der Waals surface area contributed by atoms with E-state index in [1.807, 2.05) is 6.92 Å². The molecule has 8 nitrogen and oxygen atoms in total. The zero-order valence-corrected chi connectivity index (χ0v) is 20.2. The maximum absolute atomic E-state index is 12.7. The summed E-state index contributed by atoms with van der Waals surface area (Å²) in [7, 11) is 0. The van der Waals surface area contributed by atoms with E-state index >= 15 is 0 Å². The van der Waals surface area contributed by atoms with Crippen LogP contribution in [0.25, 0.3) is 0 Å². The number of halogens is 1. The number of allylic oxidation sites excluding steroid dienone is 2. The molecule has 9 heteroatoms. The lowest BCUT2D eigenvalue weighted by Gasteiger charge is -2.20. The Morgan fingerprint density at radius 1 is 1.26 bits per heavy atom. The van der Waals surface area contributed by atoms with Gasteiger partial charge < -0.3 is 20.2 Å². The fraction of sp³-hybridized carbons (Fsp3) is 0.591. The Kier molecular flexibility index (Phi) is 7.46. The molecule has 0 spiro atoms. The Balaban J connectivity index is 0.00000272. The first kappa shape index (κ1) is 23.8. The van der Waals surface area contributed by atoms with Gasteiger partial charge >= 0.3 is 0 Å². The van der Waals surface area contributed by atoms with E-state index in [1.54, 1.807) is 19.1 Å². The Morgan fingerprint density at radius 2 is 1.94 bits per heavy atom. The standard InChI is InChI=1S/C22H30N4O4.HI/c1-3-23-21(25-13-22(2,29)16-6-4-11-30-16)24-9-5-10-26-19(27)17-14-7-8-15(12-14)18(17)20(26)28;/h4,6-8,11,14-15,17-18,29H,3,5,9-10,12-13H2,1-2H3,(H2,23,24,25);1H. The van der Waals surface area contributed by atoms with E-state index in [0.29, 0.717) is 37.8 Å². The van der Waals surface area contributed by atoms with Gasteiger partial charge in [0.1, 0.15) is 11.4 Å². The van der Waals surface area contributed by atoms with Gasteiger partial charge in [-0.25, -0.2) is 4.99 Å². The molecule has 4 rings (SSSR count). The number of hydrogen-bond acceptors (Lipinski definition) is 5. The third-order valence-corrected chi connectivity index (χ3v) is 6.35. The summed E-state index contributed by atoms with van der Waals surface area (Å²) in [4.78, 5) is 31.3. The van der Waals surface area contributed by atoms with Crippen molar-refractivity contribution in [3.63, 3.8) is 0 Å². The normalized spacial score (nSPS) is 28.5. The zero-order chi connectivity index (χ0) is 21.3. The first-order chi connectivity index (χ1) is 14.4. The molecule has 5 unspecified atom stereocenters. The van der Waals surface area contributed by atoms with Gasteiger partial charge in [0.25, 0.3) is 0 Å². The summed E-state index contributed by atoms with van der Waals surface area (Å²) >= 11 is 0. The molecule has 3 aliphatic rings. The molecule has 5 atom stereocenters. The van der Waals surface area contributed by atoms with Crippen LogP contribution in [0.3, 0.4) is 0 Å². The summed E-state index contributed by atoms with van der Waals surface area (Å²) in [5.74, 6) is 1.24. The van der Waals surface area contributed by atoms with E-state index < -0.39 is 5.60 Å². The minimum atomic E-state index is -1.20. The average molecular weight is 542 g/mol. The van der Waals surface area contributed by atoms with Gasteiger partial charge in [-0.1, -0.05) is 12.2 Å². The molecule has 170 valence electrons. The van der Waals surface area contributed by atoms with Crippen LogP contribution < -0.4 is 10.6 Å². The molecule has 2 fully saturated rings. The lowest BCUT2D eigenvalue weighted by Crippen LogP contribution is -2.41. The van der Waals surface area contributed by atoms with Crippen molar-refractivity contribution in [2.24, 2.45) is 28.7 Å². The van der Waals surface area contributed by atoms with Crippen molar-refractivity contribution in [3.05, 3.63) is 36.3 Å². The van der Waals surface area contributed by atoms with Gasteiger partial charge in [-0.2, -0.15) is 0 Å². The number of furan rings is 1. The molecular weight excluding hydrogens is 511 g/mol. The highest BCUT2D eigenvalue weighted by Crippen LogP contribution is 2.52. The summed E-state index contributed by atoms with van der Waals surface area (Å²) in [5, 5.41) is 16.9. The van der Waals surface area contributed by atoms with Crippen LogP contribution in [0.4, 0.5) is 0 Å². The second-order valence-electron chi connectivity index (χ2n) is 8.55. The van der Waals surface area contributed by atoms with E-state index in [4.69, 9.17) is 4.42 Å². The van der Waals surface area contributed by atoms with Crippen molar-refractivity contribution in [2.75, 3.05) is 26.2 Å². The minimum Gasteiger partial charge on any atom is -0.466 e. The van der Waals surface area contributed by atoms with Crippen LogP contribution in [0.15, 0.2) is 40.0 Å². The number of aliphatic hydroxyl groups is 1. The maximum atomic E-state index is 12.7. The number of carbonyl (C=O) groups is 2. The number of rotatable bonds is 8. The van der Waals surface area contributed by atoms with E-state index in [0.717, 1.165) is 6.42 Å². The summed E-state index contributed by atoms with van der Waals surface area (Å²) in [5.41, 5.74) is -1.20. The van der Waals surface area contributed by atoms with Crippen LogP contribution in [-0.2, 0) is 15.2 Å². The Hall–Kier alpha value is -1.88. The van der Waals surface area contributed by atoms with Gasteiger partial charge in [-0.05, 0) is 50.7 Å². The number of nitrogens with one attached hydrogen (secondary N) is 2. The van der Waals surface area contributed by atoms with Crippen molar-refractivity contribution < 1.29 is 19.1 Å². The Bertz CT molecular complexity index is 822. The molecule has 2 bridgehead atoms. The fourth-order valence-corrected chi connectivity index (χ4v) is 4.87. The van der Waals surface area contributed by atoms with Crippen LogP contribution in [0.1, 0.15) is 32.4 Å².